The predicted molar refractivity (Wildman–Crippen MR) is 73.3 cm³/mol. The molecule has 0 saturated carbocycles. The summed E-state index contributed by atoms with van der Waals surface area (Å²) in [5.41, 5.74) is 10.1. The Morgan fingerprint density at radius 3 is 2.84 bits per heavy atom. The number of nitriles is 1. The zero-order valence-corrected chi connectivity index (χ0v) is 10.3. The summed E-state index contributed by atoms with van der Waals surface area (Å²) in [4.78, 5) is 0. The number of rotatable bonds is 1. The second-order valence-electron chi connectivity index (χ2n) is 4.39. The highest BCUT2D eigenvalue weighted by atomic mass is 16.5. The highest BCUT2D eigenvalue weighted by Gasteiger charge is 2.14. The lowest BCUT2D eigenvalue weighted by atomic mass is 10.0. The van der Waals surface area contributed by atoms with E-state index >= 15 is 0 Å². The summed E-state index contributed by atoms with van der Waals surface area (Å²) in [5.74, 6) is 0. The van der Waals surface area contributed by atoms with E-state index in [1.54, 1.807) is 12.1 Å². The van der Waals surface area contributed by atoms with Gasteiger partial charge in [0, 0.05) is 17.3 Å². The predicted octanol–water partition coefficient (Wildman–Crippen LogP) is 3.26. The van der Waals surface area contributed by atoms with Crippen LogP contribution in [-0.4, -0.2) is 5.16 Å². The van der Waals surface area contributed by atoms with Gasteiger partial charge in [0.15, 0.2) is 5.58 Å². The number of hydrogen-bond donors (Lipinski definition) is 1. The first-order valence-electron chi connectivity index (χ1n) is 5.85. The van der Waals surface area contributed by atoms with Crippen molar-refractivity contribution in [1.29, 1.82) is 5.26 Å². The number of anilines is 1. The van der Waals surface area contributed by atoms with Crippen molar-refractivity contribution in [2.24, 2.45) is 0 Å². The molecule has 2 N–H and O–H groups in total. The number of nitrogens with zero attached hydrogens (tertiary/aromatic N) is 2. The van der Waals surface area contributed by atoms with E-state index in [0.29, 0.717) is 22.5 Å². The average molecular weight is 249 g/mol. The van der Waals surface area contributed by atoms with E-state index in [1.165, 1.54) is 0 Å². The molecular formula is C15H11N3O. The van der Waals surface area contributed by atoms with Gasteiger partial charge in [0.25, 0.3) is 0 Å². The monoisotopic (exact) mass is 249 g/mol. The Kier molecular flexibility index (Phi) is 2.46. The van der Waals surface area contributed by atoms with Crippen molar-refractivity contribution in [1.82, 2.24) is 5.16 Å². The number of nitrogens with two attached hydrogens (primary N) is 1. The fraction of sp³-hybridized carbons (Fsp3) is 0.0667. The fourth-order valence-electron chi connectivity index (χ4n) is 2.09. The number of benzene rings is 2. The Hall–Kier alpha value is -2.80. The van der Waals surface area contributed by atoms with Crippen LogP contribution in [0.4, 0.5) is 5.69 Å². The number of nitrogen functional groups attached to an aromatic ring is 1. The molecule has 19 heavy (non-hydrogen) atoms. The minimum absolute atomic E-state index is 0.576. The lowest BCUT2D eigenvalue weighted by Gasteiger charge is -2.01. The van der Waals surface area contributed by atoms with Gasteiger partial charge in [-0.1, -0.05) is 23.4 Å². The van der Waals surface area contributed by atoms with Gasteiger partial charge >= 0.3 is 0 Å². The maximum absolute atomic E-state index is 9.16. The Bertz CT molecular complexity index is 812. The molecule has 0 spiro atoms. The fourth-order valence-corrected chi connectivity index (χ4v) is 2.09. The quantitative estimate of drug-likeness (QED) is 0.671. The summed E-state index contributed by atoms with van der Waals surface area (Å²) in [6.45, 7) is 1.93. The number of hydrogen-bond acceptors (Lipinski definition) is 4. The van der Waals surface area contributed by atoms with Crippen LogP contribution in [0, 0.1) is 18.3 Å². The third-order valence-corrected chi connectivity index (χ3v) is 3.16. The van der Waals surface area contributed by atoms with Gasteiger partial charge in [0.1, 0.15) is 5.69 Å². The average Bonchev–Trinajstić information content (AvgIpc) is 2.82. The molecular weight excluding hydrogens is 238 g/mol. The van der Waals surface area contributed by atoms with Gasteiger partial charge in [-0.3, -0.25) is 0 Å². The van der Waals surface area contributed by atoms with Crippen LogP contribution in [0.25, 0.3) is 22.2 Å². The number of fused-ring (bicyclic) bond motifs is 1. The third-order valence-electron chi connectivity index (χ3n) is 3.16. The smallest absolute Gasteiger partial charge is 0.169 e. The maximum atomic E-state index is 9.16. The molecule has 0 atom stereocenters. The van der Waals surface area contributed by atoms with Gasteiger partial charge in [-0.25, -0.2) is 0 Å². The summed E-state index contributed by atoms with van der Waals surface area (Å²) >= 11 is 0. The second-order valence-corrected chi connectivity index (χ2v) is 4.39. The van der Waals surface area contributed by atoms with Crippen LogP contribution in [0.15, 0.2) is 40.9 Å². The van der Waals surface area contributed by atoms with Crippen LogP contribution < -0.4 is 5.73 Å². The van der Waals surface area contributed by atoms with Crippen molar-refractivity contribution < 1.29 is 4.52 Å². The van der Waals surface area contributed by atoms with Crippen molar-refractivity contribution in [3.05, 3.63) is 47.5 Å². The summed E-state index contributed by atoms with van der Waals surface area (Å²) < 4.78 is 5.30. The normalized spacial score (nSPS) is 10.5. The van der Waals surface area contributed by atoms with Gasteiger partial charge in [-0.2, -0.15) is 5.26 Å². The van der Waals surface area contributed by atoms with Gasteiger partial charge in [-0.05, 0) is 24.6 Å². The summed E-state index contributed by atoms with van der Waals surface area (Å²) in [5, 5.41) is 14.1. The zero-order valence-electron chi connectivity index (χ0n) is 10.3. The number of aromatic nitrogens is 1. The summed E-state index contributed by atoms with van der Waals surface area (Å²) in [6.07, 6.45) is 0. The van der Waals surface area contributed by atoms with E-state index in [4.69, 9.17) is 15.5 Å². The van der Waals surface area contributed by atoms with E-state index in [-0.39, 0.29) is 0 Å². The van der Waals surface area contributed by atoms with Crippen molar-refractivity contribution >= 4 is 16.7 Å². The molecule has 4 nitrogen and oxygen atoms in total. The topological polar surface area (TPSA) is 75.8 Å². The molecule has 0 unspecified atom stereocenters. The second kappa shape index (κ2) is 4.14. The van der Waals surface area contributed by atoms with Crippen molar-refractivity contribution in [2.45, 2.75) is 6.92 Å². The Morgan fingerprint density at radius 1 is 1.26 bits per heavy atom. The van der Waals surface area contributed by atoms with Gasteiger partial charge < -0.3 is 10.3 Å². The Morgan fingerprint density at radius 2 is 2.05 bits per heavy atom. The standard InChI is InChI=1S/C15H11N3O/c1-9-6-12-14(7-13(9)17)19-18-15(12)11-5-3-2-4-10(11)8-16/h2-7H,17H2,1H3. The van der Waals surface area contributed by atoms with Crippen LogP contribution in [0.1, 0.15) is 11.1 Å². The molecule has 2 aromatic carbocycles. The lowest BCUT2D eigenvalue weighted by Crippen LogP contribution is -1.89. The molecule has 1 heterocycles. The van der Waals surface area contributed by atoms with Crippen LogP contribution in [0.3, 0.4) is 0 Å². The first kappa shape index (κ1) is 11.3. The van der Waals surface area contributed by atoms with E-state index < -0.39 is 0 Å². The molecule has 92 valence electrons. The van der Waals surface area contributed by atoms with Crippen molar-refractivity contribution in [3.8, 4) is 17.3 Å². The van der Waals surface area contributed by atoms with Gasteiger partial charge in [0.05, 0.1) is 17.0 Å². The van der Waals surface area contributed by atoms with Crippen LogP contribution in [0.2, 0.25) is 0 Å². The largest absolute Gasteiger partial charge is 0.398 e. The van der Waals surface area contributed by atoms with Gasteiger partial charge in [-0.15, -0.1) is 0 Å². The van der Waals surface area contributed by atoms with Crippen molar-refractivity contribution in [2.75, 3.05) is 5.73 Å². The highest BCUT2D eigenvalue weighted by molar-refractivity contribution is 5.95. The molecule has 3 aromatic rings. The highest BCUT2D eigenvalue weighted by Crippen LogP contribution is 2.32. The number of aryl methyl sites for hydroxylation is 1. The van der Waals surface area contributed by atoms with Crippen molar-refractivity contribution in [3.63, 3.8) is 0 Å². The van der Waals surface area contributed by atoms with E-state index in [9.17, 15) is 0 Å². The van der Waals surface area contributed by atoms with Crippen LogP contribution in [0.5, 0.6) is 0 Å². The summed E-state index contributed by atoms with van der Waals surface area (Å²) in [6, 6.07) is 13.2. The first-order chi connectivity index (χ1) is 9.20. The molecule has 0 radical (unpaired) electrons. The van der Waals surface area contributed by atoms with Crippen LogP contribution in [-0.2, 0) is 0 Å². The third kappa shape index (κ3) is 1.72. The minimum atomic E-state index is 0.576. The molecule has 1 aromatic heterocycles. The first-order valence-corrected chi connectivity index (χ1v) is 5.85. The molecule has 0 saturated heterocycles. The van der Waals surface area contributed by atoms with E-state index in [1.807, 2.05) is 31.2 Å². The van der Waals surface area contributed by atoms with E-state index in [2.05, 4.69) is 11.2 Å². The van der Waals surface area contributed by atoms with Gasteiger partial charge in [0.2, 0.25) is 0 Å². The molecule has 0 fully saturated rings. The molecule has 0 aliphatic rings. The molecule has 0 aliphatic carbocycles. The molecule has 0 bridgehead atoms. The Labute approximate surface area is 110 Å². The molecule has 4 heteroatoms. The minimum Gasteiger partial charge on any atom is -0.398 e. The molecule has 0 amide bonds. The molecule has 3 rings (SSSR count). The zero-order chi connectivity index (χ0) is 13.4. The van der Waals surface area contributed by atoms with E-state index in [0.717, 1.165) is 16.5 Å². The summed E-state index contributed by atoms with van der Waals surface area (Å²) in [7, 11) is 0. The molecule has 0 aliphatic heterocycles. The lowest BCUT2D eigenvalue weighted by molar-refractivity contribution is 0.459. The SMILES string of the molecule is Cc1cc2c(-c3ccccc3C#N)noc2cc1N. The Balaban J connectivity index is 2.32. The van der Waals surface area contributed by atoms with Crippen LogP contribution >= 0.6 is 0 Å². The maximum Gasteiger partial charge on any atom is 0.169 e.